The van der Waals surface area contributed by atoms with E-state index >= 15 is 0 Å². The minimum absolute atomic E-state index is 0.0862. The topological polar surface area (TPSA) is 97.1 Å². The molecule has 0 N–H and O–H groups in total. The second kappa shape index (κ2) is 8.70. The SMILES string of the molecule is C=CCOC(=O)c1nnc2c(-c3ccc(OC)c(OC)c3)c(COC)nn2c1C. The quantitative estimate of drug-likeness (QED) is 0.422. The van der Waals surface area contributed by atoms with E-state index in [1.807, 2.05) is 12.1 Å². The van der Waals surface area contributed by atoms with Crippen LogP contribution in [-0.2, 0) is 16.1 Å². The zero-order valence-electron chi connectivity index (χ0n) is 16.8. The third-order valence-corrected chi connectivity index (χ3v) is 4.32. The summed E-state index contributed by atoms with van der Waals surface area (Å²) in [6, 6.07) is 5.51. The van der Waals surface area contributed by atoms with Gasteiger partial charge >= 0.3 is 5.97 Å². The lowest BCUT2D eigenvalue weighted by atomic mass is 10.1. The first-order chi connectivity index (χ1) is 14.0. The van der Waals surface area contributed by atoms with Gasteiger partial charge in [-0.25, -0.2) is 9.31 Å². The molecule has 0 amide bonds. The van der Waals surface area contributed by atoms with E-state index in [-0.39, 0.29) is 18.9 Å². The average Bonchev–Trinajstić information content (AvgIpc) is 3.11. The third kappa shape index (κ3) is 3.77. The summed E-state index contributed by atoms with van der Waals surface area (Å²) in [5.41, 5.74) is 3.27. The maximum atomic E-state index is 12.2. The Labute approximate surface area is 167 Å². The molecule has 3 aromatic rings. The predicted molar refractivity (Wildman–Crippen MR) is 105 cm³/mol. The van der Waals surface area contributed by atoms with Crippen molar-refractivity contribution in [1.29, 1.82) is 0 Å². The summed E-state index contributed by atoms with van der Waals surface area (Å²) in [4.78, 5) is 12.2. The van der Waals surface area contributed by atoms with Crippen LogP contribution in [0.1, 0.15) is 21.9 Å². The highest BCUT2D eigenvalue weighted by Gasteiger charge is 2.23. The van der Waals surface area contributed by atoms with Gasteiger partial charge in [0.15, 0.2) is 22.8 Å². The fourth-order valence-corrected chi connectivity index (χ4v) is 2.97. The molecule has 0 saturated heterocycles. The first-order valence-corrected chi connectivity index (χ1v) is 8.79. The van der Waals surface area contributed by atoms with Crippen LogP contribution < -0.4 is 9.47 Å². The Bertz CT molecular complexity index is 1060. The van der Waals surface area contributed by atoms with Crippen LogP contribution in [0.25, 0.3) is 16.8 Å². The van der Waals surface area contributed by atoms with Crippen LogP contribution in [0.3, 0.4) is 0 Å². The van der Waals surface area contributed by atoms with E-state index < -0.39 is 5.97 Å². The van der Waals surface area contributed by atoms with Crippen LogP contribution in [0.4, 0.5) is 0 Å². The maximum absolute atomic E-state index is 12.2. The summed E-state index contributed by atoms with van der Waals surface area (Å²) in [6.45, 7) is 5.60. The molecule has 2 heterocycles. The van der Waals surface area contributed by atoms with Crippen LogP contribution in [0.15, 0.2) is 30.9 Å². The number of hydrogen-bond donors (Lipinski definition) is 0. The van der Waals surface area contributed by atoms with Gasteiger partial charge < -0.3 is 18.9 Å². The van der Waals surface area contributed by atoms with Gasteiger partial charge in [-0.3, -0.25) is 0 Å². The fraction of sp³-hybridized carbons (Fsp3) is 0.300. The number of benzene rings is 1. The van der Waals surface area contributed by atoms with Crippen molar-refractivity contribution >= 4 is 11.6 Å². The number of nitrogens with zero attached hydrogens (tertiary/aromatic N) is 4. The molecule has 0 aliphatic carbocycles. The fourth-order valence-electron chi connectivity index (χ4n) is 2.97. The van der Waals surface area contributed by atoms with E-state index in [1.165, 1.54) is 6.08 Å². The van der Waals surface area contributed by atoms with Crippen molar-refractivity contribution in [3.63, 3.8) is 0 Å². The predicted octanol–water partition coefficient (Wildman–Crippen LogP) is 2.61. The zero-order chi connectivity index (χ0) is 21.0. The summed E-state index contributed by atoms with van der Waals surface area (Å²) in [5.74, 6) is 0.589. The number of hydrogen-bond acceptors (Lipinski definition) is 8. The van der Waals surface area contributed by atoms with Crippen molar-refractivity contribution in [2.45, 2.75) is 13.5 Å². The smallest absolute Gasteiger partial charge is 0.361 e. The molecule has 0 unspecified atom stereocenters. The van der Waals surface area contributed by atoms with E-state index in [0.29, 0.717) is 28.5 Å². The van der Waals surface area contributed by atoms with E-state index in [0.717, 1.165) is 11.1 Å². The number of esters is 1. The lowest BCUT2D eigenvalue weighted by Crippen LogP contribution is -2.14. The number of ether oxygens (including phenoxy) is 4. The Kier molecular flexibility index (Phi) is 6.08. The Morgan fingerprint density at radius 2 is 1.93 bits per heavy atom. The summed E-state index contributed by atoms with van der Waals surface area (Å²) in [5, 5.41) is 12.9. The van der Waals surface area contributed by atoms with Crippen molar-refractivity contribution in [3.8, 4) is 22.6 Å². The highest BCUT2D eigenvalue weighted by molar-refractivity contribution is 5.89. The van der Waals surface area contributed by atoms with Gasteiger partial charge in [-0.05, 0) is 24.6 Å². The first-order valence-electron chi connectivity index (χ1n) is 8.79. The van der Waals surface area contributed by atoms with Gasteiger partial charge in [0, 0.05) is 7.11 Å². The average molecular weight is 398 g/mol. The molecular formula is C20H22N4O5. The number of methoxy groups -OCH3 is 3. The molecule has 1 aromatic carbocycles. The highest BCUT2D eigenvalue weighted by Crippen LogP contribution is 2.35. The van der Waals surface area contributed by atoms with Crippen LogP contribution in [0.2, 0.25) is 0 Å². The van der Waals surface area contributed by atoms with E-state index in [9.17, 15) is 4.79 Å². The van der Waals surface area contributed by atoms with E-state index in [4.69, 9.17) is 18.9 Å². The molecule has 29 heavy (non-hydrogen) atoms. The second-order valence-electron chi connectivity index (χ2n) is 6.08. The molecule has 0 saturated carbocycles. The Morgan fingerprint density at radius 1 is 1.17 bits per heavy atom. The van der Waals surface area contributed by atoms with E-state index in [2.05, 4.69) is 21.9 Å². The molecule has 152 valence electrons. The summed E-state index contributed by atoms with van der Waals surface area (Å²) in [7, 11) is 4.73. The molecule has 0 spiro atoms. The van der Waals surface area contributed by atoms with Crippen LogP contribution >= 0.6 is 0 Å². The van der Waals surface area contributed by atoms with Crippen LogP contribution in [0.5, 0.6) is 11.5 Å². The summed E-state index contributed by atoms with van der Waals surface area (Å²) < 4.78 is 22.7. The molecule has 0 bridgehead atoms. The number of aryl methyl sites for hydroxylation is 1. The molecule has 9 nitrogen and oxygen atoms in total. The van der Waals surface area contributed by atoms with Crippen LogP contribution in [0, 0.1) is 6.92 Å². The Balaban J connectivity index is 2.19. The molecule has 0 fully saturated rings. The molecule has 9 heteroatoms. The van der Waals surface area contributed by atoms with Crippen molar-refractivity contribution in [3.05, 3.63) is 47.9 Å². The zero-order valence-corrected chi connectivity index (χ0v) is 16.8. The normalized spacial score (nSPS) is 10.8. The summed E-state index contributed by atoms with van der Waals surface area (Å²) in [6.07, 6.45) is 1.49. The molecule has 0 atom stereocenters. The minimum Gasteiger partial charge on any atom is -0.493 e. The molecular weight excluding hydrogens is 376 g/mol. The van der Waals surface area contributed by atoms with Gasteiger partial charge in [0.2, 0.25) is 0 Å². The minimum atomic E-state index is -0.590. The van der Waals surface area contributed by atoms with Gasteiger partial charge in [-0.2, -0.15) is 5.10 Å². The highest BCUT2D eigenvalue weighted by atomic mass is 16.5. The monoisotopic (exact) mass is 398 g/mol. The van der Waals surface area contributed by atoms with Gasteiger partial charge in [0.1, 0.15) is 6.61 Å². The maximum Gasteiger partial charge on any atom is 0.361 e. The van der Waals surface area contributed by atoms with Crippen molar-refractivity contribution in [1.82, 2.24) is 19.8 Å². The van der Waals surface area contributed by atoms with Gasteiger partial charge in [0.05, 0.1) is 37.8 Å². The molecule has 0 aliphatic rings. The number of carbonyl (C=O) groups excluding carboxylic acids is 1. The lowest BCUT2D eigenvalue weighted by Gasteiger charge is -2.10. The molecule has 0 aliphatic heterocycles. The Morgan fingerprint density at radius 3 is 2.59 bits per heavy atom. The van der Waals surface area contributed by atoms with Gasteiger partial charge in [-0.1, -0.05) is 18.7 Å². The van der Waals surface area contributed by atoms with Gasteiger partial charge in [-0.15, -0.1) is 10.2 Å². The summed E-state index contributed by atoms with van der Waals surface area (Å²) >= 11 is 0. The number of rotatable bonds is 8. The van der Waals surface area contributed by atoms with Crippen molar-refractivity contribution in [2.24, 2.45) is 0 Å². The number of fused-ring (bicyclic) bond motifs is 1. The standard InChI is InChI=1S/C20H22N4O5/c1-6-9-29-20(25)18-12(2)24-19(22-21-18)17(14(23-24)11-26-3)13-7-8-15(27-4)16(10-13)28-5/h6-8,10H,1,9,11H2,2-5H3. The molecule has 2 aromatic heterocycles. The number of aromatic nitrogens is 4. The van der Waals surface area contributed by atoms with Gasteiger partial charge in [0.25, 0.3) is 0 Å². The largest absolute Gasteiger partial charge is 0.493 e. The lowest BCUT2D eigenvalue weighted by molar-refractivity contribution is 0.0539. The van der Waals surface area contributed by atoms with Crippen molar-refractivity contribution < 1.29 is 23.7 Å². The van der Waals surface area contributed by atoms with E-state index in [1.54, 1.807) is 38.8 Å². The number of carbonyl (C=O) groups is 1. The van der Waals surface area contributed by atoms with Crippen LogP contribution in [-0.4, -0.2) is 53.7 Å². The molecule has 0 radical (unpaired) electrons. The first kappa shape index (κ1) is 20.3. The molecule has 3 rings (SSSR count). The second-order valence-corrected chi connectivity index (χ2v) is 6.08. The Hall–Kier alpha value is -3.46. The van der Waals surface area contributed by atoms with Crippen molar-refractivity contribution in [2.75, 3.05) is 27.9 Å². The third-order valence-electron chi connectivity index (χ3n) is 4.32.